The van der Waals surface area contributed by atoms with Gasteiger partial charge in [-0.05, 0) is 43.4 Å². The van der Waals surface area contributed by atoms with Crippen LogP contribution in [-0.4, -0.2) is 68.4 Å². The molecule has 2 bridgehead atoms. The number of thioether (sulfide) groups is 1. The minimum atomic E-state index is -0.973. The summed E-state index contributed by atoms with van der Waals surface area (Å²) in [6, 6.07) is 14.5. The Balaban J connectivity index is 1.59. The molecule has 3 aliphatic rings. The van der Waals surface area contributed by atoms with Crippen molar-refractivity contribution in [1.82, 2.24) is 4.90 Å². The maximum absolute atomic E-state index is 14.9. The molecule has 7 nitrogen and oxygen atoms in total. The van der Waals surface area contributed by atoms with E-state index >= 15 is 0 Å². The molecule has 2 amide bonds. The number of benzene rings is 2. The number of ether oxygens (including phenoxy) is 1. The van der Waals surface area contributed by atoms with Gasteiger partial charge in [0.15, 0.2) is 0 Å². The minimum Gasteiger partial charge on any atom is -0.465 e. The summed E-state index contributed by atoms with van der Waals surface area (Å²) in [4.78, 5) is 46.2. The van der Waals surface area contributed by atoms with Gasteiger partial charge in [-0.2, -0.15) is 0 Å². The van der Waals surface area contributed by atoms with Crippen LogP contribution in [0.3, 0.4) is 0 Å². The number of amides is 2. The number of anilines is 1. The molecule has 0 aromatic heterocycles. The summed E-state index contributed by atoms with van der Waals surface area (Å²) >= 11 is 11.9. The van der Waals surface area contributed by atoms with E-state index in [1.165, 1.54) is 16.7 Å². The van der Waals surface area contributed by atoms with Crippen molar-refractivity contribution in [3.63, 3.8) is 0 Å². The molecule has 3 unspecified atom stereocenters. The topological polar surface area (TPSA) is 87.1 Å². The first kappa shape index (κ1) is 31.8. The third-order valence-corrected chi connectivity index (χ3v) is 12.2. The van der Waals surface area contributed by atoms with Crippen molar-refractivity contribution in [2.45, 2.75) is 52.6 Å². The minimum absolute atomic E-state index is 0.104. The van der Waals surface area contributed by atoms with Gasteiger partial charge in [0.1, 0.15) is 6.04 Å². The number of para-hydroxylation sites is 1. The van der Waals surface area contributed by atoms with Crippen molar-refractivity contribution in [1.29, 1.82) is 0 Å². The van der Waals surface area contributed by atoms with Crippen LogP contribution in [0.4, 0.5) is 5.69 Å². The molecule has 43 heavy (non-hydrogen) atoms. The number of nitrogens with zero attached hydrogens (tertiary/aromatic N) is 2. The van der Waals surface area contributed by atoms with Crippen LogP contribution in [0.25, 0.3) is 0 Å². The number of hydrogen-bond donors (Lipinski definition) is 1. The summed E-state index contributed by atoms with van der Waals surface area (Å²) in [5.74, 6) is -2.56. The monoisotopic (exact) mass is 686 g/mol. The Labute approximate surface area is 270 Å². The first-order valence-electron chi connectivity index (χ1n) is 14.5. The van der Waals surface area contributed by atoms with Gasteiger partial charge in [0.25, 0.3) is 5.91 Å². The number of rotatable bonds is 13. The Morgan fingerprint density at radius 1 is 1.16 bits per heavy atom. The van der Waals surface area contributed by atoms with E-state index in [1.807, 2.05) is 36.4 Å². The molecule has 1 spiro atoms. The number of fused-ring (bicyclic) bond motifs is 1. The van der Waals surface area contributed by atoms with Crippen molar-refractivity contribution in [3.8, 4) is 0 Å². The number of unbranched alkanes of at least 4 members (excludes halogenated alkanes) is 2. The van der Waals surface area contributed by atoms with E-state index in [2.05, 4.69) is 29.1 Å². The number of esters is 1. The first-order valence-corrected chi connectivity index (χ1v) is 16.7. The van der Waals surface area contributed by atoms with E-state index < -0.39 is 34.6 Å². The van der Waals surface area contributed by atoms with Gasteiger partial charge in [0.2, 0.25) is 5.91 Å². The predicted molar refractivity (Wildman–Crippen MR) is 174 cm³/mol. The Hall–Kier alpha value is -2.59. The Morgan fingerprint density at radius 3 is 2.56 bits per heavy atom. The summed E-state index contributed by atoms with van der Waals surface area (Å²) in [5, 5.41) is 10.9. The second kappa shape index (κ2) is 13.6. The molecule has 3 saturated heterocycles. The maximum atomic E-state index is 14.9. The molecule has 7 atom stereocenters. The SMILES string of the molecule is C=CCCCCOC(=O)[C@H]1[C@H]2C(=O)N([C@H](CO)c3ccccc3)C(C(=O)N(CC=C)c3ccccc3Cl)C23CC(Br)[C@@H]1S3. The van der Waals surface area contributed by atoms with Gasteiger partial charge in [-0.25, -0.2) is 0 Å². The lowest BCUT2D eigenvalue weighted by molar-refractivity contribution is -0.154. The van der Waals surface area contributed by atoms with Gasteiger partial charge in [-0.1, -0.05) is 82.1 Å². The molecular weight excluding hydrogens is 652 g/mol. The van der Waals surface area contributed by atoms with E-state index in [9.17, 15) is 19.5 Å². The Kier molecular flexibility index (Phi) is 10.1. The summed E-state index contributed by atoms with van der Waals surface area (Å²) < 4.78 is 4.83. The van der Waals surface area contributed by atoms with Crippen LogP contribution in [0.1, 0.15) is 37.3 Å². The van der Waals surface area contributed by atoms with E-state index in [1.54, 1.807) is 35.2 Å². The van der Waals surface area contributed by atoms with Crippen LogP contribution < -0.4 is 4.90 Å². The maximum Gasteiger partial charge on any atom is 0.310 e. The highest BCUT2D eigenvalue weighted by molar-refractivity contribution is 9.09. The molecule has 0 aliphatic carbocycles. The van der Waals surface area contributed by atoms with E-state index in [-0.39, 0.29) is 41.6 Å². The third-order valence-electron chi connectivity index (χ3n) is 8.69. The van der Waals surface area contributed by atoms with E-state index in [0.29, 0.717) is 29.1 Å². The fourth-order valence-corrected chi connectivity index (χ4v) is 10.7. The number of carbonyl (C=O) groups is 3. The molecule has 1 N–H and O–H groups in total. The number of aliphatic hydroxyl groups excluding tert-OH is 1. The zero-order chi connectivity index (χ0) is 30.7. The quantitative estimate of drug-likeness (QED) is 0.121. The molecule has 2 aromatic carbocycles. The lowest BCUT2D eigenvalue weighted by Gasteiger charge is -2.40. The highest BCUT2D eigenvalue weighted by atomic mass is 79.9. The van der Waals surface area contributed by atoms with Crippen molar-refractivity contribution >= 4 is 62.8 Å². The number of hydrogen-bond acceptors (Lipinski definition) is 6. The molecule has 5 rings (SSSR count). The van der Waals surface area contributed by atoms with Gasteiger partial charge in [-0.3, -0.25) is 14.4 Å². The number of alkyl halides is 1. The van der Waals surface area contributed by atoms with Crippen LogP contribution in [0.15, 0.2) is 79.9 Å². The Bertz CT molecular complexity index is 1380. The number of likely N-dealkylation sites (tertiary alicyclic amines) is 1. The molecule has 3 fully saturated rings. The normalized spacial score (nSPS) is 27.9. The van der Waals surface area contributed by atoms with Crippen molar-refractivity contribution in [3.05, 3.63) is 90.5 Å². The van der Waals surface area contributed by atoms with Crippen molar-refractivity contribution in [2.75, 3.05) is 24.7 Å². The highest BCUT2D eigenvalue weighted by Crippen LogP contribution is 2.68. The Morgan fingerprint density at radius 2 is 1.88 bits per heavy atom. The molecule has 0 saturated carbocycles. The smallest absolute Gasteiger partial charge is 0.310 e. The molecular formula is C33H36BrClN2O5S. The molecule has 2 aromatic rings. The summed E-state index contributed by atoms with van der Waals surface area (Å²) in [7, 11) is 0. The lowest BCUT2D eigenvalue weighted by atomic mass is 9.71. The van der Waals surface area contributed by atoms with E-state index in [4.69, 9.17) is 16.3 Å². The standard InChI is InChI=1S/C33H36BrClN2O5S/c1-3-5-6-12-18-42-32(41)26-27-30(39)37(25(20-38)21-13-8-7-9-14-21)29(33(27)19-22(34)28(26)43-33)31(40)36(17-4-2)24-16-11-10-15-23(24)35/h3-4,7-11,13-16,22,25-29,38H,1-2,5-6,12,17-20H2/t22?,25-,26+,27+,28+,29?,33?/m1/s1. The van der Waals surface area contributed by atoms with Crippen LogP contribution in [-0.2, 0) is 19.1 Å². The highest BCUT2D eigenvalue weighted by Gasteiger charge is 2.76. The molecule has 228 valence electrons. The summed E-state index contributed by atoms with van der Waals surface area (Å²) in [6.07, 6.45) is 6.35. The largest absolute Gasteiger partial charge is 0.465 e. The van der Waals surface area contributed by atoms with Crippen LogP contribution in [0.2, 0.25) is 5.02 Å². The average molecular weight is 688 g/mol. The zero-order valence-electron chi connectivity index (χ0n) is 23.8. The lowest BCUT2D eigenvalue weighted by Crippen LogP contribution is -2.56. The summed E-state index contributed by atoms with van der Waals surface area (Å²) in [6.45, 7) is 7.64. The van der Waals surface area contributed by atoms with Gasteiger partial charge in [-0.15, -0.1) is 24.9 Å². The van der Waals surface area contributed by atoms with Crippen LogP contribution in [0.5, 0.6) is 0 Å². The van der Waals surface area contributed by atoms with Crippen LogP contribution in [0, 0.1) is 11.8 Å². The number of aliphatic hydroxyl groups is 1. The second-order valence-corrected chi connectivity index (χ2v) is 14.3. The van der Waals surface area contributed by atoms with Gasteiger partial charge in [0.05, 0.1) is 46.5 Å². The van der Waals surface area contributed by atoms with Crippen molar-refractivity contribution in [2.24, 2.45) is 11.8 Å². The summed E-state index contributed by atoms with van der Waals surface area (Å²) in [5.41, 5.74) is 1.21. The molecule has 10 heteroatoms. The molecule has 0 radical (unpaired) electrons. The third kappa shape index (κ3) is 5.70. The van der Waals surface area contributed by atoms with Crippen molar-refractivity contribution < 1.29 is 24.2 Å². The molecule has 3 heterocycles. The fraction of sp³-hybridized carbons (Fsp3) is 0.424. The predicted octanol–water partition coefficient (Wildman–Crippen LogP) is 5.96. The van der Waals surface area contributed by atoms with Gasteiger partial charge >= 0.3 is 5.97 Å². The van der Waals surface area contributed by atoms with Gasteiger partial charge < -0.3 is 19.6 Å². The zero-order valence-corrected chi connectivity index (χ0v) is 27.0. The average Bonchev–Trinajstić information content (AvgIpc) is 3.60. The van der Waals surface area contributed by atoms with Crippen LogP contribution >= 0.6 is 39.3 Å². The molecule has 3 aliphatic heterocycles. The fourth-order valence-electron chi connectivity index (χ4n) is 6.90. The second-order valence-electron chi connectivity index (χ2n) is 11.2. The number of carbonyl (C=O) groups excluding carboxylic acids is 3. The van der Waals surface area contributed by atoms with E-state index in [0.717, 1.165) is 12.8 Å². The number of allylic oxidation sites excluding steroid dienone is 1. The van der Waals surface area contributed by atoms with Gasteiger partial charge in [0, 0.05) is 16.6 Å². The first-order chi connectivity index (χ1) is 20.8. The number of halogens is 2.